The zero-order valence-corrected chi connectivity index (χ0v) is 21.8. The molecule has 4 aromatic rings. The van der Waals surface area contributed by atoms with Crippen LogP contribution in [0.2, 0.25) is 0 Å². The summed E-state index contributed by atoms with van der Waals surface area (Å²) in [5, 5.41) is 2.50. The highest BCUT2D eigenvalue weighted by Crippen LogP contribution is 2.60. The summed E-state index contributed by atoms with van der Waals surface area (Å²) >= 11 is 3.72. The van der Waals surface area contributed by atoms with Gasteiger partial charge in [-0.1, -0.05) is 143 Å². The molecule has 34 heavy (non-hydrogen) atoms. The van der Waals surface area contributed by atoms with Crippen LogP contribution in [0.25, 0.3) is 4.91 Å². The number of benzene rings is 4. The second-order valence-electron chi connectivity index (χ2n) is 7.81. The monoisotopic (exact) mass is 512 g/mol. The van der Waals surface area contributed by atoms with E-state index in [4.69, 9.17) is 0 Å². The molecule has 0 amide bonds. The predicted octanol–water partition coefficient (Wildman–Crippen LogP) is 9.78. The molecule has 0 N–H and O–H groups in total. The number of thioether (sulfide) groups is 2. The summed E-state index contributed by atoms with van der Waals surface area (Å²) in [7, 11) is 3.84. The molecular formula is C30H24S4. The summed E-state index contributed by atoms with van der Waals surface area (Å²) in [5.41, 5.74) is 2.61. The van der Waals surface area contributed by atoms with Crippen LogP contribution in [0, 0.1) is 0 Å². The van der Waals surface area contributed by atoms with Gasteiger partial charge in [-0.2, -0.15) is 0 Å². The molecule has 0 bridgehead atoms. The van der Waals surface area contributed by atoms with Gasteiger partial charge in [-0.3, -0.25) is 0 Å². The van der Waals surface area contributed by atoms with Crippen LogP contribution in [-0.2, 0) is 4.75 Å². The quantitative estimate of drug-likeness (QED) is 0.178. The van der Waals surface area contributed by atoms with Gasteiger partial charge in [-0.15, -0.1) is 11.8 Å². The summed E-state index contributed by atoms with van der Waals surface area (Å²) in [4.78, 5) is 3.87. The van der Waals surface area contributed by atoms with Crippen LogP contribution < -0.4 is 0 Å². The first-order valence-electron chi connectivity index (χ1n) is 11.1. The minimum atomic E-state index is -0.202. The lowest BCUT2D eigenvalue weighted by Gasteiger charge is -2.40. The fourth-order valence-electron chi connectivity index (χ4n) is 3.81. The fraction of sp³-hybridized carbons (Fsp3) is 0.0667. The van der Waals surface area contributed by atoms with Crippen molar-refractivity contribution in [2.75, 3.05) is 0 Å². The summed E-state index contributed by atoms with van der Waals surface area (Å²) in [6.45, 7) is 0. The van der Waals surface area contributed by atoms with Crippen LogP contribution >= 0.6 is 45.1 Å². The second-order valence-corrected chi connectivity index (χ2v) is 12.5. The Hall–Kier alpha value is -2.24. The van der Waals surface area contributed by atoms with E-state index in [0.717, 1.165) is 0 Å². The van der Waals surface area contributed by atoms with Crippen LogP contribution in [0.4, 0.5) is 0 Å². The van der Waals surface area contributed by atoms with E-state index in [2.05, 4.69) is 139 Å². The maximum Gasteiger partial charge on any atom is 0.0860 e. The van der Waals surface area contributed by atoms with E-state index < -0.39 is 0 Å². The van der Waals surface area contributed by atoms with Gasteiger partial charge in [0.2, 0.25) is 0 Å². The van der Waals surface area contributed by atoms with Gasteiger partial charge < -0.3 is 0 Å². The van der Waals surface area contributed by atoms with Gasteiger partial charge in [0.15, 0.2) is 0 Å². The molecule has 168 valence electrons. The van der Waals surface area contributed by atoms with Crippen molar-refractivity contribution < 1.29 is 0 Å². The largest absolute Gasteiger partial charge is 0.116 e. The van der Waals surface area contributed by atoms with Crippen molar-refractivity contribution in [3.8, 4) is 0 Å². The molecule has 4 heteroatoms. The van der Waals surface area contributed by atoms with E-state index in [1.807, 2.05) is 33.3 Å². The molecule has 1 heterocycles. The van der Waals surface area contributed by atoms with Crippen molar-refractivity contribution in [3.63, 3.8) is 0 Å². The zero-order valence-electron chi connectivity index (χ0n) is 18.5. The normalized spacial score (nSPS) is 20.2. The summed E-state index contributed by atoms with van der Waals surface area (Å²) < 4.78 is -0.202. The van der Waals surface area contributed by atoms with E-state index in [-0.39, 0.29) is 10.00 Å². The third-order valence-electron chi connectivity index (χ3n) is 5.55. The summed E-state index contributed by atoms with van der Waals surface area (Å²) in [5.74, 6) is 0. The molecular weight excluding hydrogens is 489 g/mol. The highest BCUT2D eigenvalue weighted by atomic mass is 33.1. The summed E-state index contributed by atoms with van der Waals surface area (Å²) in [6, 6.07) is 43.0. The molecule has 0 fully saturated rings. The van der Waals surface area contributed by atoms with Crippen molar-refractivity contribution in [1.29, 1.82) is 0 Å². The Labute approximate surface area is 218 Å². The standard InChI is InChI=1S/C30H24S4/c1-5-13-24(14-6-1)28-23-29(32-27-19-11-4-12-20-27)30(34-33-28,25-15-7-2-8-16-25)21-22-31-26-17-9-3-10-18-26/h1-23,29H/b22-21+. The lowest BCUT2D eigenvalue weighted by Crippen LogP contribution is -2.32. The topological polar surface area (TPSA) is 0 Å². The molecule has 0 saturated heterocycles. The summed E-state index contributed by atoms with van der Waals surface area (Å²) in [6.07, 6.45) is 4.88. The van der Waals surface area contributed by atoms with Crippen LogP contribution in [-0.4, -0.2) is 5.25 Å². The Morgan fingerprint density at radius 3 is 1.85 bits per heavy atom. The molecule has 5 rings (SSSR count). The van der Waals surface area contributed by atoms with Gasteiger partial charge in [0.1, 0.15) is 0 Å². The molecule has 0 saturated carbocycles. The molecule has 0 aliphatic carbocycles. The Morgan fingerprint density at radius 2 is 1.21 bits per heavy atom. The Kier molecular flexibility index (Phi) is 7.92. The van der Waals surface area contributed by atoms with Gasteiger partial charge in [-0.05, 0) is 40.8 Å². The van der Waals surface area contributed by atoms with Crippen molar-refractivity contribution >= 4 is 50.0 Å². The minimum Gasteiger partial charge on any atom is -0.116 e. The average molecular weight is 513 g/mol. The van der Waals surface area contributed by atoms with Crippen molar-refractivity contribution in [3.05, 3.63) is 150 Å². The molecule has 2 unspecified atom stereocenters. The lowest BCUT2D eigenvalue weighted by atomic mass is 9.93. The van der Waals surface area contributed by atoms with Crippen LogP contribution in [0.5, 0.6) is 0 Å². The van der Waals surface area contributed by atoms with Crippen molar-refractivity contribution in [1.82, 2.24) is 0 Å². The third kappa shape index (κ3) is 5.52. The van der Waals surface area contributed by atoms with E-state index in [9.17, 15) is 0 Å². The molecule has 0 aromatic heterocycles. The van der Waals surface area contributed by atoms with E-state index in [1.54, 1.807) is 11.8 Å². The van der Waals surface area contributed by atoms with Gasteiger partial charge in [0.25, 0.3) is 0 Å². The molecule has 1 aliphatic heterocycles. The Bertz CT molecular complexity index is 1240. The van der Waals surface area contributed by atoms with Crippen LogP contribution in [0.1, 0.15) is 11.1 Å². The number of rotatable bonds is 7. The first-order chi connectivity index (χ1) is 16.8. The van der Waals surface area contributed by atoms with Gasteiger partial charge >= 0.3 is 0 Å². The molecule has 0 spiro atoms. The van der Waals surface area contributed by atoms with Gasteiger partial charge in [-0.25, -0.2) is 0 Å². The predicted molar refractivity (Wildman–Crippen MR) is 155 cm³/mol. The molecule has 0 nitrogen and oxygen atoms in total. The van der Waals surface area contributed by atoms with E-state index in [0.29, 0.717) is 0 Å². The second kappa shape index (κ2) is 11.5. The molecule has 4 aromatic carbocycles. The minimum absolute atomic E-state index is 0.202. The SMILES string of the molecule is C1=C(c2ccccc2)SSC(/C=C/Sc2ccccc2)(c2ccccc2)C1Sc1ccccc1. The van der Waals surface area contributed by atoms with E-state index >= 15 is 0 Å². The van der Waals surface area contributed by atoms with Crippen LogP contribution in [0.3, 0.4) is 0 Å². The molecule has 2 atom stereocenters. The van der Waals surface area contributed by atoms with Crippen molar-refractivity contribution in [2.24, 2.45) is 0 Å². The first-order valence-corrected chi connectivity index (χ1v) is 15.0. The fourth-order valence-corrected chi connectivity index (χ4v) is 9.48. The number of hydrogen-bond acceptors (Lipinski definition) is 4. The average Bonchev–Trinajstić information content (AvgIpc) is 2.92. The smallest absolute Gasteiger partial charge is 0.0860 e. The van der Waals surface area contributed by atoms with Gasteiger partial charge in [0.05, 0.1) is 10.00 Å². The zero-order chi connectivity index (χ0) is 23.1. The molecule has 0 radical (unpaired) electrons. The van der Waals surface area contributed by atoms with Crippen LogP contribution in [0.15, 0.2) is 149 Å². The Morgan fingerprint density at radius 1 is 0.647 bits per heavy atom. The maximum absolute atomic E-state index is 2.47. The first kappa shape index (κ1) is 23.5. The third-order valence-corrected chi connectivity index (χ3v) is 11.0. The number of hydrogen-bond donors (Lipinski definition) is 0. The highest BCUT2D eigenvalue weighted by molar-refractivity contribution is 8.80. The highest BCUT2D eigenvalue weighted by Gasteiger charge is 2.42. The Balaban J connectivity index is 1.57. The molecule has 1 aliphatic rings. The lowest BCUT2D eigenvalue weighted by molar-refractivity contribution is 0.811. The van der Waals surface area contributed by atoms with Gasteiger partial charge in [0, 0.05) is 14.7 Å². The van der Waals surface area contributed by atoms with E-state index in [1.165, 1.54) is 25.8 Å². The van der Waals surface area contributed by atoms with Crippen molar-refractivity contribution in [2.45, 2.75) is 19.8 Å². The maximum atomic E-state index is 2.47.